The van der Waals surface area contributed by atoms with E-state index in [1.165, 1.54) is 0 Å². The van der Waals surface area contributed by atoms with Crippen LogP contribution in [-0.2, 0) is 14.3 Å². The van der Waals surface area contributed by atoms with Gasteiger partial charge in [-0.25, -0.2) is 8.78 Å². The smallest absolute Gasteiger partial charge is 0.311 e. The van der Waals surface area contributed by atoms with Crippen LogP contribution in [0.3, 0.4) is 0 Å². The molecule has 0 amide bonds. The summed E-state index contributed by atoms with van der Waals surface area (Å²) in [6.07, 6.45) is 1.83. The molecule has 94 valence electrons. The first-order chi connectivity index (χ1) is 7.47. The van der Waals surface area contributed by atoms with E-state index in [1.807, 2.05) is 0 Å². The third-order valence-corrected chi connectivity index (χ3v) is 2.58. The summed E-state index contributed by atoms with van der Waals surface area (Å²) in [6, 6.07) is 0. The number of ether oxygens (including phenoxy) is 2. The lowest BCUT2D eigenvalue weighted by Gasteiger charge is -2.21. The monoisotopic (exact) mass is 236 g/mol. The minimum Gasteiger partial charge on any atom is -0.466 e. The summed E-state index contributed by atoms with van der Waals surface area (Å²) in [4.78, 5) is 11.0. The van der Waals surface area contributed by atoms with Crippen LogP contribution in [-0.4, -0.2) is 31.7 Å². The minimum absolute atomic E-state index is 0.236. The topological polar surface area (TPSA) is 35.5 Å². The SMILES string of the molecule is CC(F)(F)CC(=O)OCCC1CCOCC1. The van der Waals surface area contributed by atoms with Gasteiger partial charge in [0.15, 0.2) is 0 Å². The van der Waals surface area contributed by atoms with Crippen molar-refractivity contribution >= 4 is 5.97 Å². The lowest BCUT2D eigenvalue weighted by molar-refractivity contribution is -0.150. The van der Waals surface area contributed by atoms with Crippen molar-refractivity contribution in [1.82, 2.24) is 0 Å². The van der Waals surface area contributed by atoms with E-state index in [9.17, 15) is 13.6 Å². The van der Waals surface area contributed by atoms with Gasteiger partial charge in [0.1, 0.15) is 6.42 Å². The fourth-order valence-electron chi connectivity index (χ4n) is 1.68. The van der Waals surface area contributed by atoms with Crippen LogP contribution >= 0.6 is 0 Å². The molecule has 0 spiro atoms. The summed E-state index contributed by atoms with van der Waals surface area (Å²) in [5.74, 6) is -3.31. The van der Waals surface area contributed by atoms with Crippen LogP contribution in [0.5, 0.6) is 0 Å². The van der Waals surface area contributed by atoms with Gasteiger partial charge < -0.3 is 9.47 Å². The predicted molar refractivity (Wildman–Crippen MR) is 54.4 cm³/mol. The number of hydrogen-bond donors (Lipinski definition) is 0. The molecule has 0 unspecified atom stereocenters. The number of carbonyl (C=O) groups excluding carboxylic acids is 1. The maximum Gasteiger partial charge on any atom is 0.311 e. The molecular weight excluding hydrogens is 218 g/mol. The molecule has 0 N–H and O–H groups in total. The van der Waals surface area contributed by atoms with Crippen molar-refractivity contribution in [3.05, 3.63) is 0 Å². The fourth-order valence-corrected chi connectivity index (χ4v) is 1.68. The molecule has 1 aliphatic rings. The van der Waals surface area contributed by atoms with Gasteiger partial charge in [0.2, 0.25) is 0 Å². The molecule has 16 heavy (non-hydrogen) atoms. The molecule has 0 aromatic heterocycles. The van der Waals surface area contributed by atoms with Crippen molar-refractivity contribution in [2.75, 3.05) is 19.8 Å². The maximum atomic E-state index is 12.4. The Labute approximate surface area is 94.1 Å². The van der Waals surface area contributed by atoms with Gasteiger partial charge in [0, 0.05) is 13.2 Å². The Bertz CT molecular complexity index is 220. The van der Waals surface area contributed by atoms with Crippen LogP contribution in [0, 0.1) is 5.92 Å². The van der Waals surface area contributed by atoms with Crippen molar-refractivity contribution in [1.29, 1.82) is 0 Å². The van der Waals surface area contributed by atoms with Gasteiger partial charge in [0.25, 0.3) is 5.92 Å². The molecule has 0 aromatic carbocycles. The van der Waals surface area contributed by atoms with Gasteiger partial charge in [-0.15, -0.1) is 0 Å². The number of esters is 1. The van der Waals surface area contributed by atoms with E-state index in [4.69, 9.17) is 9.47 Å². The standard InChI is InChI=1S/C11H18F2O3/c1-11(12,13)8-10(14)16-7-4-9-2-5-15-6-3-9/h9H,2-8H2,1H3. The van der Waals surface area contributed by atoms with Crippen molar-refractivity contribution in [2.45, 2.75) is 38.5 Å². The zero-order valence-electron chi connectivity index (χ0n) is 9.51. The Morgan fingerprint density at radius 3 is 2.62 bits per heavy atom. The fraction of sp³-hybridized carbons (Fsp3) is 0.909. The molecule has 1 fully saturated rings. The molecule has 0 bridgehead atoms. The van der Waals surface area contributed by atoms with Gasteiger partial charge >= 0.3 is 5.97 Å². The molecule has 0 saturated carbocycles. The molecule has 1 heterocycles. The maximum absolute atomic E-state index is 12.4. The lowest BCUT2D eigenvalue weighted by Crippen LogP contribution is -2.21. The lowest BCUT2D eigenvalue weighted by atomic mass is 9.97. The summed E-state index contributed by atoms with van der Waals surface area (Å²) in [5, 5.41) is 0. The number of hydrogen-bond acceptors (Lipinski definition) is 3. The zero-order valence-corrected chi connectivity index (χ0v) is 9.51. The molecule has 3 nitrogen and oxygen atoms in total. The van der Waals surface area contributed by atoms with E-state index in [1.54, 1.807) is 0 Å². The highest BCUT2D eigenvalue weighted by atomic mass is 19.3. The molecule has 0 atom stereocenters. The van der Waals surface area contributed by atoms with Crippen molar-refractivity contribution < 1.29 is 23.0 Å². The number of alkyl halides is 2. The molecule has 5 heteroatoms. The molecule has 0 aromatic rings. The normalized spacial score (nSPS) is 18.4. The van der Waals surface area contributed by atoms with Crippen LogP contribution in [0.1, 0.15) is 32.6 Å². The van der Waals surface area contributed by atoms with Crippen molar-refractivity contribution in [2.24, 2.45) is 5.92 Å². The second kappa shape index (κ2) is 6.13. The number of rotatable bonds is 5. The first kappa shape index (κ1) is 13.4. The molecule has 0 aliphatic carbocycles. The number of halogens is 2. The Balaban J connectivity index is 2.08. The van der Waals surface area contributed by atoms with Crippen LogP contribution in [0.2, 0.25) is 0 Å². The highest BCUT2D eigenvalue weighted by Crippen LogP contribution is 2.20. The second-order valence-corrected chi connectivity index (χ2v) is 4.31. The van der Waals surface area contributed by atoms with Crippen molar-refractivity contribution in [3.8, 4) is 0 Å². The molecule has 1 rings (SSSR count). The molecule has 1 aliphatic heterocycles. The van der Waals surface area contributed by atoms with Gasteiger partial charge in [0.05, 0.1) is 6.61 Å². The highest BCUT2D eigenvalue weighted by Gasteiger charge is 2.26. The van der Waals surface area contributed by atoms with Gasteiger partial charge in [-0.2, -0.15) is 0 Å². The predicted octanol–water partition coefficient (Wildman–Crippen LogP) is 2.39. The summed E-state index contributed by atoms with van der Waals surface area (Å²) in [5.41, 5.74) is 0. The van der Waals surface area contributed by atoms with Gasteiger partial charge in [-0.1, -0.05) is 0 Å². The first-order valence-corrected chi connectivity index (χ1v) is 5.58. The minimum atomic E-state index is -2.98. The van der Waals surface area contributed by atoms with Gasteiger partial charge in [-0.3, -0.25) is 4.79 Å². The zero-order chi connectivity index (χ0) is 12.0. The third-order valence-electron chi connectivity index (χ3n) is 2.58. The molecule has 1 saturated heterocycles. The average molecular weight is 236 g/mol. The van der Waals surface area contributed by atoms with E-state index >= 15 is 0 Å². The van der Waals surface area contributed by atoms with Crippen LogP contribution in [0.4, 0.5) is 8.78 Å². The van der Waals surface area contributed by atoms with Crippen molar-refractivity contribution in [3.63, 3.8) is 0 Å². The summed E-state index contributed by atoms with van der Waals surface area (Å²) in [6.45, 7) is 2.43. The average Bonchev–Trinajstić information content (AvgIpc) is 2.16. The Morgan fingerprint density at radius 1 is 1.44 bits per heavy atom. The van der Waals surface area contributed by atoms with Crippen LogP contribution in [0.15, 0.2) is 0 Å². The Kier molecular flexibility index (Phi) is 5.12. The highest BCUT2D eigenvalue weighted by molar-refractivity contribution is 5.70. The van der Waals surface area contributed by atoms with E-state index < -0.39 is 18.3 Å². The molecular formula is C11H18F2O3. The van der Waals surface area contributed by atoms with Crippen LogP contribution < -0.4 is 0 Å². The van der Waals surface area contributed by atoms with E-state index in [0.717, 1.165) is 32.5 Å². The van der Waals surface area contributed by atoms with E-state index in [-0.39, 0.29) is 6.61 Å². The first-order valence-electron chi connectivity index (χ1n) is 5.58. The van der Waals surface area contributed by atoms with E-state index in [0.29, 0.717) is 12.8 Å². The van der Waals surface area contributed by atoms with E-state index in [2.05, 4.69) is 0 Å². The quantitative estimate of drug-likeness (QED) is 0.687. The summed E-state index contributed by atoms with van der Waals surface area (Å²) >= 11 is 0. The Morgan fingerprint density at radius 2 is 2.06 bits per heavy atom. The molecule has 0 radical (unpaired) electrons. The van der Waals surface area contributed by atoms with Crippen LogP contribution in [0.25, 0.3) is 0 Å². The third kappa shape index (κ3) is 6.00. The summed E-state index contributed by atoms with van der Waals surface area (Å²) < 4.78 is 34.8. The number of carbonyl (C=O) groups is 1. The Hall–Kier alpha value is -0.710. The van der Waals surface area contributed by atoms with Gasteiger partial charge in [-0.05, 0) is 32.1 Å². The second-order valence-electron chi connectivity index (χ2n) is 4.31. The largest absolute Gasteiger partial charge is 0.466 e. The summed E-state index contributed by atoms with van der Waals surface area (Å²) in [7, 11) is 0.